The molecule has 0 radical (unpaired) electrons. The average molecular weight is 533 g/mol. The van der Waals surface area contributed by atoms with E-state index in [-0.39, 0.29) is 12.8 Å². The van der Waals surface area contributed by atoms with Crippen LogP contribution in [0.25, 0.3) is 0 Å². The van der Waals surface area contributed by atoms with E-state index in [9.17, 15) is 34.8 Å². The van der Waals surface area contributed by atoms with Crippen LogP contribution in [0.5, 0.6) is 0 Å². The number of carbonyl (C=O) groups excluding carboxylic acids is 3. The lowest BCUT2D eigenvalue weighted by molar-refractivity contribution is -0.324. The molecular formula is C27H32O11. The standard InChI is InChI=1S/C27H32O11/c1-21-11-24(32)19-26(33)13(23(24,3)16(21)15(29)18(30)35-4)5-7-22(2)17(12-6-8-36-10-12)37-14(28)9-25(22,26)38-27(19,34)20(21)31/h6,8,10,13,15-17,19,29,32-34H,5,7,9,11H2,1-4H3/t13-,15-,16+,17+,19+,21+,22+,23-,24+,25-,26+,27-/m1/s1. The van der Waals surface area contributed by atoms with Crippen molar-refractivity contribution in [1.82, 2.24) is 0 Å². The molecule has 2 bridgehead atoms. The largest absolute Gasteiger partial charge is 0.472 e. The Morgan fingerprint density at radius 3 is 2.53 bits per heavy atom. The minimum Gasteiger partial charge on any atom is -0.472 e. The van der Waals surface area contributed by atoms with Gasteiger partial charge in [-0.3, -0.25) is 9.59 Å². The SMILES string of the molecule is COC(=O)[C@H](O)[C@@H]1[C@@]2(C)[C@H]3CC[C@@]4(C)[C@H](c5ccoc5)OC(=O)C[C@@]45O[C@@]4(O)C(=O)[C@@]1(C)C[C@]2(O)[C@H]4[C@@]35O. The van der Waals surface area contributed by atoms with Gasteiger partial charge in [-0.25, -0.2) is 4.79 Å². The first kappa shape index (κ1) is 24.7. The van der Waals surface area contributed by atoms with Crippen molar-refractivity contribution in [3.63, 3.8) is 0 Å². The number of methoxy groups -OCH3 is 1. The van der Waals surface area contributed by atoms with Crippen molar-refractivity contribution in [3.8, 4) is 0 Å². The molecule has 0 unspecified atom stereocenters. The number of ether oxygens (including phenoxy) is 3. The van der Waals surface area contributed by atoms with Crippen molar-refractivity contribution in [1.29, 1.82) is 0 Å². The summed E-state index contributed by atoms with van der Waals surface area (Å²) in [6, 6.07) is 1.65. The number of rotatable bonds is 3. The average Bonchev–Trinajstić information content (AvgIpc) is 3.51. The first-order valence-corrected chi connectivity index (χ1v) is 13.0. The van der Waals surface area contributed by atoms with Gasteiger partial charge in [0.15, 0.2) is 11.9 Å². The van der Waals surface area contributed by atoms with E-state index in [1.54, 1.807) is 19.9 Å². The van der Waals surface area contributed by atoms with Crippen LogP contribution in [-0.4, -0.2) is 74.0 Å². The molecule has 2 saturated heterocycles. The van der Waals surface area contributed by atoms with Crippen molar-refractivity contribution in [2.75, 3.05) is 7.11 Å². The molecule has 1 aromatic rings. The number of Topliss-reactive ketones (excluding diaryl/α,β-unsaturated/α-hetero) is 1. The number of aliphatic hydroxyl groups is 4. The van der Waals surface area contributed by atoms with E-state index >= 15 is 0 Å². The molecule has 12 atom stereocenters. The first-order chi connectivity index (χ1) is 17.6. The Kier molecular flexibility index (Phi) is 4.24. The third kappa shape index (κ3) is 2.04. The van der Waals surface area contributed by atoms with E-state index in [0.29, 0.717) is 12.0 Å². The number of cyclic esters (lactones) is 1. The molecule has 6 aliphatic rings. The van der Waals surface area contributed by atoms with Crippen LogP contribution in [-0.2, 0) is 28.6 Å². The zero-order valence-electron chi connectivity index (χ0n) is 21.6. The van der Waals surface area contributed by atoms with Crippen LogP contribution in [0.1, 0.15) is 58.1 Å². The van der Waals surface area contributed by atoms with Crippen LogP contribution in [0.15, 0.2) is 23.0 Å². The molecule has 11 nitrogen and oxygen atoms in total. The molecule has 1 spiro atoms. The lowest BCUT2D eigenvalue weighted by Crippen LogP contribution is -2.72. The maximum atomic E-state index is 14.3. The zero-order valence-corrected chi connectivity index (χ0v) is 21.6. The van der Waals surface area contributed by atoms with Gasteiger partial charge in [-0.05, 0) is 31.2 Å². The molecule has 38 heavy (non-hydrogen) atoms. The van der Waals surface area contributed by atoms with Crippen molar-refractivity contribution >= 4 is 17.7 Å². The summed E-state index contributed by atoms with van der Waals surface area (Å²) in [5.74, 6) is -8.75. The molecule has 6 fully saturated rings. The highest BCUT2D eigenvalue weighted by Crippen LogP contribution is 2.86. The van der Waals surface area contributed by atoms with Gasteiger partial charge in [0.2, 0.25) is 5.79 Å². The predicted octanol–water partition coefficient (Wildman–Crippen LogP) is 0.383. The Hall–Kier alpha value is -2.31. The summed E-state index contributed by atoms with van der Waals surface area (Å²) in [7, 11) is 1.11. The zero-order chi connectivity index (χ0) is 27.5. The minimum absolute atomic E-state index is 0.203. The van der Waals surface area contributed by atoms with Crippen molar-refractivity contribution < 1.29 is 53.4 Å². The number of carbonyl (C=O) groups is 3. The quantitative estimate of drug-likeness (QED) is 0.397. The molecule has 4 saturated carbocycles. The third-order valence-corrected chi connectivity index (χ3v) is 12.0. The molecule has 2 aliphatic heterocycles. The van der Waals surface area contributed by atoms with E-state index in [1.165, 1.54) is 19.5 Å². The van der Waals surface area contributed by atoms with Crippen LogP contribution < -0.4 is 0 Å². The summed E-state index contributed by atoms with van der Waals surface area (Å²) in [6.07, 6.45) is 0.0892. The predicted molar refractivity (Wildman–Crippen MR) is 122 cm³/mol. The Bertz CT molecular complexity index is 1290. The van der Waals surface area contributed by atoms with Crippen LogP contribution in [0.2, 0.25) is 0 Å². The fourth-order valence-electron chi connectivity index (χ4n) is 10.9. The molecule has 1 aromatic heterocycles. The smallest absolute Gasteiger partial charge is 0.335 e. The van der Waals surface area contributed by atoms with Crippen LogP contribution in [0, 0.1) is 34.0 Å². The van der Waals surface area contributed by atoms with Crippen molar-refractivity contribution in [2.45, 2.75) is 81.3 Å². The lowest BCUT2D eigenvalue weighted by Gasteiger charge is -2.63. The molecule has 0 amide bonds. The molecular weight excluding hydrogens is 500 g/mol. The fourth-order valence-corrected chi connectivity index (χ4v) is 10.9. The van der Waals surface area contributed by atoms with Crippen molar-refractivity contribution in [3.05, 3.63) is 24.2 Å². The monoisotopic (exact) mass is 532 g/mol. The van der Waals surface area contributed by atoms with E-state index in [4.69, 9.17) is 18.6 Å². The number of aliphatic hydroxyl groups excluding tert-OH is 1. The van der Waals surface area contributed by atoms with E-state index < -0.39 is 92.9 Å². The van der Waals surface area contributed by atoms with Gasteiger partial charge in [-0.2, -0.15) is 0 Å². The molecule has 7 rings (SSSR count). The summed E-state index contributed by atoms with van der Waals surface area (Å²) in [5.41, 5.74) is -9.42. The number of hydrogen-bond donors (Lipinski definition) is 4. The van der Waals surface area contributed by atoms with Gasteiger partial charge in [-0.1, -0.05) is 20.8 Å². The topological polar surface area (TPSA) is 173 Å². The number of fused-ring (bicyclic) bond motifs is 2. The normalized spacial score (nSPS) is 56.4. The van der Waals surface area contributed by atoms with Crippen LogP contribution in [0.4, 0.5) is 0 Å². The summed E-state index contributed by atoms with van der Waals surface area (Å²) in [4.78, 5) is 40.2. The fraction of sp³-hybridized carbons (Fsp3) is 0.741. The van der Waals surface area contributed by atoms with E-state index in [2.05, 4.69) is 0 Å². The van der Waals surface area contributed by atoms with Gasteiger partial charge in [0, 0.05) is 27.7 Å². The summed E-state index contributed by atoms with van der Waals surface area (Å²) in [5, 5.41) is 49.0. The van der Waals surface area contributed by atoms with E-state index in [0.717, 1.165) is 7.11 Å². The Morgan fingerprint density at radius 1 is 1.18 bits per heavy atom. The summed E-state index contributed by atoms with van der Waals surface area (Å²) < 4.78 is 22.3. The second-order valence-electron chi connectivity index (χ2n) is 13.1. The first-order valence-electron chi connectivity index (χ1n) is 13.0. The molecule has 4 N–H and O–H groups in total. The highest BCUT2D eigenvalue weighted by atomic mass is 16.7. The maximum Gasteiger partial charge on any atom is 0.335 e. The van der Waals surface area contributed by atoms with Gasteiger partial charge in [0.1, 0.15) is 17.3 Å². The van der Waals surface area contributed by atoms with Gasteiger partial charge in [0.05, 0.1) is 37.6 Å². The second kappa shape index (κ2) is 6.52. The molecule has 11 heteroatoms. The number of furan rings is 1. The van der Waals surface area contributed by atoms with E-state index in [1.807, 2.05) is 0 Å². The number of ketones is 1. The maximum absolute atomic E-state index is 14.3. The summed E-state index contributed by atoms with van der Waals surface area (Å²) >= 11 is 0. The Balaban J connectivity index is 1.52. The highest BCUT2D eigenvalue weighted by molar-refractivity contribution is 5.96. The highest BCUT2D eigenvalue weighted by Gasteiger charge is 2.99. The van der Waals surface area contributed by atoms with Crippen LogP contribution in [0.3, 0.4) is 0 Å². The molecule has 0 aromatic carbocycles. The molecule has 4 aliphatic carbocycles. The van der Waals surface area contributed by atoms with Crippen LogP contribution >= 0.6 is 0 Å². The van der Waals surface area contributed by atoms with Gasteiger partial charge < -0.3 is 39.1 Å². The molecule has 206 valence electrons. The minimum atomic E-state index is -2.68. The summed E-state index contributed by atoms with van der Waals surface area (Å²) in [6.45, 7) is 4.97. The van der Waals surface area contributed by atoms with Gasteiger partial charge in [-0.15, -0.1) is 0 Å². The Morgan fingerprint density at radius 2 is 1.89 bits per heavy atom. The van der Waals surface area contributed by atoms with Gasteiger partial charge in [0.25, 0.3) is 0 Å². The number of hydrogen-bond acceptors (Lipinski definition) is 11. The molecule has 3 heterocycles. The Labute approximate surface area is 218 Å². The third-order valence-electron chi connectivity index (χ3n) is 12.0. The van der Waals surface area contributed by atoms with Gasteiger partial charge >= 0.3 is 11.9 Å². The number of esters is 2. The van der Waals surface area contributed by atoms with Crippen molar-refractivity contribution in [2.24, 2.45) is 34.0 Å². The lowest BCUT2D eigenvalue weighted by atomic mass is 9.45. The second-order valence-corrected chi connectivity index (χ2v) is 13.1.